The molecule has 8 heteroatoms. The first-order chi connectivity index (χ1) is 11.2. The quantitative estimate of drug-likeness (QED) is 0.864. The van der Waals surface area contributed by atoms with Crippen LogP contribution >= 0.6 is 0 Å². The zero-order valence-electron chi connectivity index (χ0n) is 12.5. The second kappa shape index (κ2) is 5.54. The van der Waals surface area contributed by atoms with Crippen LogP contribution in [0.2, 0.25) is 0 Å². The molecule has 124 valence electrons. The van der Waals surface area contributed by atoms with Gasteiger partial charge in [-0.15, -0.1) is 0 Å². The van der Waals surface area contributed by atoms with Gasteiger partial charge in [-0.3, -0.25) is 4.90 Å². The van der Waals surface area contributed by atoms with E-state index < -0.39 is 12.2 Å². The number of rotatable bonds is 2. The van der Waals surface area contributed by atoms with Gasteiger partial charge in [-0.2, -0.15) is 0 Å². The SMILES string of the molecule is NC[C@@H]1OC(=O)N2c3cc(F)c(N4CCOCC4)cc3OC[C@@H]12. The topological polar surface area (TPSA) is 77.3 Å². The molecule has 0 radical (unpaired) electrons. The van der Waals surface area contributed by atoms with E-state index in [2.05, 4.69) is 0 Å². The number of ether oxygens (including phenoxy) is 3. The second-order valence-corrected chi connectivity index (χ2v) is 5.78. The predicted octanol–water partition coefficient (Wildman–Crippen LogP) is 0.707. The summed E-state index contributed by atoms with van der Waals surface area (Å²) in [6.45, 7) is 2.87. The third-order valence-corrected chi connectivity index (χ3v) is 4.49. The van der Waals surface area contributed by atoms with Gasteiger partial charge in [-0.05, 0) is 0 Å². The van der Waals surface area contributed by atoms with Crippen LogP contribution in [0, 0.1) is 5.82 Å². The largest absolute Gasteiger partial charge is 0.489 e. The van der Waals surface area contributed by atoms with Gasteiger partial charge < -0.3 is 24.8 Å². The number of hydrogen-bond acceptors (Lipinski definition) is 6. The zero-order valence-corrected chi connectivity index (χ0v) is 12.5. The van der Waals surface area contributed by atoms with Crippen molar-refractivity contribution in [3.63, 3.8) is 0 Å². The molecule has 0 aromatic heterocycles. The van der Waals surface area contributed by atoms with E-state index in [0.717, 1.165) is 0 Å². The minimum Gasteiger partial charge on any atom is -0.489 e. The van der Waals surface area contributed by atoms with Crippen LogP contribution in [0.1, 0.15) is 0 Å². The maximum atomic E-state index is 14.6. The molecule has 3 aliphatic rings. The number of carbonyl (C=O) groups excluding carboxylic acids is 1. The fourth-order valence-corrected chi connectivity index (χ4v) is 3.29. The first-order valence-corrected chi connectivity index (χ1v) is 7.68. The normalized spacial score (nSPS) is 26.4. The first kappa shape index (κ1) is 14.5. The molecule has 1 amide bonds. The molecule has 2 fully saturated rings. The Kier molecular flexibility index (Phi) is 3.50. The molecule has 0 aliphatic carbocycles. The standard InChI is InChI=1S/C15H18FN3O4/c16-9-5-11-13(6-10(9)18-1-3-21-4-2-18)22-8-12-14(7-17)23-15(20)19(11)12/h5-6,12,14H,1-4,7-8,17H2/t12-,14-/m0/s1. The fourth-order valence-electron chi connectivity index (χ4n) is 3.29. The minimum atomic E-state index is -0.506. The highest BCUT2D eigenvalue weighted by Crippen LogP contribution is 2.42. The number of nitrogens with zero attached hydrogens (tertiary/aromatic N) is 2. The Morgan fingerprint density at radius 1 is 1.26 bits per heavy atom. The number of amides is 1. The van der Waals surface area contributed by atoms with Crippen molar-refractivity contribution >= 4 is 17.5 Å². The predicted molar refractivity (Wildman–Crippen MR) is 80.5 cm³/mol. The summed E-state index contributed by atoms with van der Waals surface area (Å²) >= 11 is 0. The number of halogens is 1. The van der Waals surface area contributed by atoms with Crippen LogP contribution in [0.15, 0.2) is 12.1 Å². The molecule has 2 N–H and O–H groups in total. The van der Waals surface area contributed by atoms with Gasteiger partial charge in [0.15, 0.2) is 0 Å². The maximum absolute atomic E-state index is 14.6. The fraction of sp³-hybridized carbons (Fsp3) is 0.533. The van der Waals surface area contributed by atoms with Crippen molar-refractivity contribution in [2.45, 2.75) is 12.1 Å². The molecule has 0 unspecified atom stereocenters. The number of nitrogens with two attached hydrogens (primary N) is 1. The van der Waals surface area contributed by atoms with E-state index in [1.54, 1.807) is 6.07 Å². The molecule has 2 saturated heterocycles. The Morgan fingerprint density at radius 3 is 2.78 bits per heavy atom. The van der Waals surface area contributed by atoms with E-state index in [1.165, 1.54) is 11.0 Å². The van der Waals surface area contributed by atoms with E-state index >= 15 is 0 Å². The minimum absolute atomic E-state index is 0.208. The van der Waals surface area contributed by atoms with Gasteiger partial charge in [0, 0.05) is 31.8 Å². The number of anilines is 2. The van der Waals surface area contributed by atoms with Gasteiger partial charge in [0.05, 0.1) is 24.6 Å². The summed E-state index contributed by atoms with van der Waals surface area (Å²) in [5.74, 6) is 0.0951. The molecule has 0 saturated carbocycles. The summed E-state index contributed by atoms with van der Waals surface area (Å²) in [7, 11) is 0. The second-order valence-electron chi connectivity index (χ2n) is 5.78. The Bertz CT molecular complexity index is 635. The van der Waals surface area contributed by atoms with Gasteiger partial charge in [-0.1, -0.05) is 0 Å². The lowest BCUT2D eigenvalue weighted by atomic mass is 10.1. The van der Waals surface area contributed by atoms with E-state index in [9.17, 15) is 9.18 Å². The number of carbonyl (C=O) groups is 1. The summed E-state index contributed by atoms with van der Waals surface area (Å²) in [6, 6.07) is 2.68. The van der Waals surface area contributed by atoms with Gasteiger partial charge >= 0.3 is 6.09 Å². The molecule has 3 aliphatic heterocycles. The van der Waals surface area contributed by atoms with Crippen LogP contribution in [0.25, 0.3) is 0 Å². The summed E-state index contributed by atoms with van der Waals surface area (Å²) in [4.78, 5) is 15.4. The summed E-state index contributed by atoms with van der Waals surface area (Å²) in [5.41, 5.74) is 6.49. The lowest BCUT2D eigenvalue weighted by molar-refractivity contribution is 0.122. The lowest BCUT2D eigenvalue weighted by Crippen LogP contribution is -2.46. The first-order valence-electron chi connectivity index (χ1n) is 7.68. The van der Waals surface area contributed by atoms with Gasteiger partial charge in [0.25, 0.3) is 0 Å². The highest BCUT2D eigenvalue weighted by atomic mass is 19.1. The monoisotopic (exact) mass is 323 g/mol. The Morgan fingerprint density at radius 2 is 2.04 bits per heavy atom. The summed E-state index contributed by atoms with van der Waals surface area (Å²) in [6.07, 6.45) is -0.939. The van der Waals surface area contributed by atoms with Gasteiger partial charge in [0.2, 0.25) is 0 Å². The van der Waals surface area contributed by atoms with Crippen molar-refractivity contribution in [1.82, 2.24) is 0 Å². The van der Waals surface area contributed by atoms with Crippen LogP contribution in [0.5, 0.6) is 5.75 Å². The number of hydrogen-bond donors (Lipinski definition) is 1. The van der Waals surface area contributed by atoms with Crippen LogP contribution in [-0.2, 0) is 9.47 Å². The molecule has 23 heavy (non-hydrogen) atoms. The smallest absolute Gasteiger partial charge is 0.415 e. The molecule has 0 bridgehead atoms. The molecule has 3 heterocycles. The maximum Gasteiger partial charge on any atom is 0.415 e. The van der Waals surface area contributed by atoms with Crippen molar-refractivity contribution in [3.05, 3.63) is 17.9 Å². The summed E-state index contributed by atoms with van der Waals surface area (Å²) in [5, 5.41) is 0. The molecule has 2 atom stereocenters. The third-order valence-electron chi connectivity index (χ3n) is 4.49. The molecule has 1 aromatic carbocycles. The van der Waals surface area contributed by atoms with Crippen LogP contribution < -0.4 is 20.3 Å². The molecule has 0 spiro atoms. The average molecular weight is 323 g/mol. The Hall–Kier alpha value is -2.06. The molecular weight excluding hydrogens is 305 g/mol. The van der Waals surface area contributed by atoms with Crippen molar-refractivity contribution in [1.29, 1.82) is 0 Å². The van der Waals surface area contributed by atoms with E-state index in [4.69, 9.17) is 19.9 Å². The number of cyclic esters (lactones) is 1. The third kappa shape index (κ3) is 2.29. The van der Waals surface area contributed by atoms with Crippen LogP contribution in [0.3, 0.4) is 0 Å². The zero-order chi connectivity index (χ0) is 16.0. The average Bonchev–Trinajstić information content (AvgIpc) is 2.91. The van der Waals surface area contributed by atoms with Crippen molar-refractivity contribution in [3.8, 4) is 5.75 Å². The molecule has 1 aromatic rings. The molecule has 4 rings (SSSR count). The van der Waals surface area contributed by atoms with Gasteiger partial charge in [0.1, 0.15) is 30.3 Å². The van der Waals surface area contributed by atoms with Gasteiger partial charge in [-0.25, -0.2) is 9.18 Å². The lowest BCUT2D eigenvalue weighted by Gasteiger charge is -2.34. The molecular formula is C15H18FN3O4. The van der Waals surface area contributed by atoms with Crippen molar-refractivity contribution < 1.29 is 23.4 Å². The Labute approximate surface area is 132 Å². The molecule has 7 nitrogen and oxygen atoms in total. The van der Waals surface area contributed by atoms with E-state index in [-0.39, 0.29) is 25.0 Å². The van der Waals surface area contributed by atoms with Crippen LogP contribution in [-0.4, -0.2) is 57.7 Å². The number of fused-ring (bicyclic) bond motifs is 3. The van der Waals surface area contributed by atoms with Crippen molar-refractivity contribution in [2.75, 3.05) is 49.3 Å². The highest BCUT2D eigenvalue weighted by Gasteiger charge is 2.46. The summed E-state index contributed by atoms with van der Waals surface area (Å²) < 4.78 is 30.9. The van der Waals surface area contributed by atoms with E-state index in [0.29, 0.717) is 43.4 Å². The van der Waals surface area contributed by atoms with Crippen LogP contribution in [0.4, 0.5) is 20.6 Å². The van der Waals surface area contributed by atoms with Crippen molar-refractivity contribution in [2.24, 2.45) is 5.73 Å². The number of morpholine rings is 1. The van der Waals surface area contributed by atoms with E-state index in [1.807, 2.05) is 4.90 Å². The number of benzene rings is 1. The Balaban J connectivity index is 1.70. The highest BCUT2D eigenvalue weighted by molar-refractivity contribution is 5.93.